The van der Waals surface area contributed by atoms with Crippen LogP contribution in [0.1, 0.15) is 11.1 Å². The summed E-state index contributed by atoms with van der Waals surface area (Å²) in [4.78, 5) is 0. The molecule has 0 aliphatic rings. The van der Waals surface area contributed by atoms with Crippen LogP contribution in [0.25, 0.3) is 28.2 Å². The SMILES string of the molecule is Cc1cccc(-c2nn(-c3cc(Cl)cc(Cl)c3)c(-c3cccc(C)c3)c2Cl)c1. The maximum Gasteiger partial charge on any atom is 0.112 e. The van der Waals surface area contributed by atoms with Gasteiger partial charge in [0.1, 0.15) is 5.69 Å². The van der Waals surface area contributed by atoms with E-state index in [4.69, 9.17) is 39.9 Å². The van der Waals surface area contributed by atoms with Gasteiger partial charge in [0.05, 0.1) is 16.4 Å². The Hall–Kier alpha value is -2.26. The summed E-state index contributed by atoms with van der Waals surface area (Å²) in [6.45, 7) is 4.10. The molecule has 0 aliphatic carbocycles. The summed E-state index contributed by atoms with van der Waals surface area (Å²) in [6, 6.07) is 21.7. The third kappa shape index (κ3) is 3.68. The summed E-state index contributed by atoms with van der Waals surface area (Å²) in [5.74, 6) is 0. The van der Waals surface area contributed by atoms with Gasteiger partial charge in [0.15, 0.2) is 0 Å². The van der Waals surface area contributed by atoms with Crippen molar-refractivity contribution in [3.8, 4) is 28.2 Å². The summed E-state index contributed by atoms with van der Waals surface area (Å²) >= 11 is 19.4. The maximum atomic E-state index is 6.88. The molecule has 1 aromatic heterocycles. The van der Waals surface area contributed by atoms with Crippen LogP contribution in [0.15, 0.2) is 66.7 Å². The largest absolute Gasteiger partial charge is 0.231 e. The van der Waals surface area contributed by atoms with Gasteiger partial charge in [-0.25, -0.2) is 4.68 Å². The van der Waals surface area contributed by atoms with Crippen molar-refractivity contribution in [1.29, 1.82) is 0 Å². The Balaban J connectivity index is 2.02. The Kier molecular flexibility index (Phi) is 5.20. The summed E-state index contributed by atoms with van der Waals surface area (Å²) in [7, 11) is 0. The van der Waals surface area contributed by atoms with Gasteiger partial charge in [-0.3, -0.25) is 0 Å². The molecule has 0 amide bonds. The zero-order chi connectivity index (χ0) is 19.8. The molecule has 0 spiro atoms. The Morgan fingerprint density at radius 3 is 1.89 bits per heavy atom. The number of hydrogen-bond donors (Lipinski definition) is 0. The van der Waals surface area contributed by atoms with E-state index in [0.29, 0.717) is 15.1 Å². The fourth-order valence-electron chi connectivity index (χ4n) is 3.27. The lowest BCUT2D eigenvalue weighted by atomic mass is 10.1. The fraction of sp³-hybridized carbons (Fsp3) is 0.0870. The molecule has 1 heterocycles. The zero-order valence-electron chi connectivity index (χ0n) is 15.4. The number of nitrogens with zero attached hydrogens (tertiary/aromatic N) is 2. The van der Waals surface area contributed by atoms with Gasteiger partial charge in [0.25, 0.3) is 0 Å². The second-order valence-corrected chi connectivity index (χ2v) is 8.04. The number of rotatable bonds is 3. The molecule has 0 radical (unpaired) electrons. The second kappa shape index (κ2) is 7.63. The Labute approximate surface area is 179 Å². The Bertz CT molecular complexity index is 1160. The lowest BCUT2D eigenvalue weighted by molar-refractivity contribution is 0.892. The standard InChI is InChI=1S/C23H17Cl3N2/c1-14-5-3-7-16(9-14)22-21(26)23(17-8-4-6-15(2)10-17)28(27-22)20-12-18(24)11-19(25)13-20/h3-13H,1-2H3. The van der Waals surface area contributed by atoms with E-state index in [1.807, 2.05) is 54.1 Å². The normalized spacial score (nSPS) is 11.0. The van der Waals surface area contributed by atoms with E-state index < -0.39 is 0 Å². The van der Waals surface area contributed by atoms with Crippen LogP contribution < -0.4 is 0 Å². The molecule has 3 aromatic carbocycles. The lowest BCUT2D eigenvalue weighted by Gasteiger charge is -2.10. The Morgan fingerprint density at radius 1 is 0.714 bits per heavy atom. The maximum absolute atomic E-state index is 6.88. The highest BCUT2D eigenvalue weighted by atomic mass is 35.5. The third-order valence-electron chi connectivity index (χ3n) is 4.50. The summed E-state index contributed by atoms with van der Waals surface area (Å²) in [5, 5.41) is 6.52. The van der Waals surface area contributed by atoms with Gasteiger partial charge in [-0.2, -0.15) is 5.10 Å². The molecule has 4 rings (SSSR count). The van der Waals surface area contributed by atoms with Crippen molar-refractivity contribution in [3.63, 3.8) is 0 Å². The van der Waals surface area contributed by atoms with Gasteiger partial charge in [-0.15, -0.1) is 0 Å². The van der Waals surface area contributed by atoms with Gasteiger partial charge in [-0.1, -0.05) is 82.3 Å². The molecule has 0 unspecified atom stereocenters. The molecule has 5 heteroatoms. The van der Waals surface area contributed by atoms with Gasteiger partial charge < -0.3 is 0 Å². The smallest absolute Gasteiger partial charge is 0.112 e. The van der Waals surface area contributed by atoms with Crippen molar-refractivity contribution >= 4 is 34.8 Å². The van der Waals surface area contributed by atoms with Crippen LogP contribution in [0, 0.1) is 13.8 Å². The monoisotopic (exact) mass is 426 g/mol. The van der Waals surface area contributed by atoms with E-state index in [2.05, 4.69) is 25.1 Å². The molecule has 0 atom stereocenters. The van der Waals surface area contributed by atoms with Crippen LogP contribution in [0.2, 0.25) is 15.1 Å². The second-order valence-electron chi connectivity index (χ2n) is 6.79. The minimum Gasteiger partial charge on any atom is -0.231 e. The fourth-order valence-corrected chi connectivity index (χ4v) is 4.12. The molecule has 0 aliphatic heterocycles. The van der Waals surface area contributed by atoms with Crippen molar-refractivity contribution in [3.05, 3.63) is 92.9 Å². The minimum atomic E-state index is 0.543. The molecule has 28 heavy (non-hydrogen) atoms. The quantitative estimate of drug-likeness (QED) is 0.326. The van der Waals surface area contributed by atoms with Gasteiger partial charge >= 0.3 is 0 Å². The first-order valence-corrected chi connectivity index (χ1v) is 9.95. The highest BCUT2D eigenvalue weighted by Crippen LogP contribution is 2.39. The number of benzene rings is 3. The average Bonchev–Trinajstić information content (AvgIpc) is 2.98. The average molecular weight is 428 g/mol. The van der Waals surface area contributed by atoms with Crippen molar-refractivity contribution in [2.75, 3.05) is 0 Å². The molecule has 0 fully saturated rings. The first-order valence-electron chi connectivity index (χ1n) is 8.81. The van der Waals surface area contributed by atoms with E-state index in [9.17, 15) is 0 Å². The molecule has 4 aromatic rings. The molecule has 0 N–H and O–H groups in total. The van der Waals surface area contributed by atoms with Crippen LogP contribution in [0.4, 0.5) is 0 Å². The summed E-state index contributed by atoms with van der Waals surface area (Å²) in [5.41, 5.74) is 6.51. The van der Waals surface area contributed by atoms with Crippen molar-refractivity contribution in [1.82, 2.24) is 9.78 Å². The topological polar surface area (TPSA) is 17.8 Å². The highest BCUT2D eigenvalue weighted by molar-refractivity contribution is 6.36. The first kappa shape index (κ1) is 19.1. The van der Waals surface area contributed by atoms with Crippen molar-refractivity contribution in [2.45, 2.75) is 13.8 Å². The molecule has 2 nitrogen and oxygen atoms in total. The predicted octanol–water partition coefficient (Wildman–Crippen LogP) is 7.78. The van der Waals surface area contributed by atoms with Crippen LogP contribution in [0.5, 0.6) is 0 Å². The molecule has 0 bridgehead atoms. The summed E-state index contributed by atoms with van der Waals surface area (Å²) < 4.78 is 1.81. The molecular formula is C23H17Cl3N2. The first-order chi connectivity index (χ1) is 13.4. The number of aryl methyl sites for hydroxylation is 2. The minimum absolute atomic E-state index is 0.543. The molecular weight excluding hydrogens is 411 g/mol. The van der Waals surface area contributed by atoms with E-state index in [-0.39, 0.29) is 0 Å². The van der Waals surface area contributed by atoms with E-state index in [1.54, 1.807) is 6.07 Å². The van der Waals surface area contributed by atoms with Crippen LogP contribution in [-0.2, 0) is 0 Å². The van der Waals surface area contributed by atoms with Gasteiger partial charge in [-0.05, 0) is 44.2 Å². The number of hydrogen-bond acceptors (Lipinski definition) is 1. The number of halogens is 3. The Morgan fingerprint density at radius 2 is 1.29 bits per heavy atom. The predicted molar refractivity (Wildman–Crippen MR) is 119 cm³/mol. The molecule has 140 valence electrons. The lowest BCUT2D eigenvalue weighted by Crippen LogP contribution is -2.00. The van der Waals surface area contributed by atoms with Crippen LogP contribution in [-0.4, -0.2) is 9.78 Å². The van der Waals surface area contributed by atoms with Gasteiger partial charge in [0, 0.05) is 21.2 Å². The van der Waals surface area contributed by atoms with Crippen LogP contribution >= 0.6 is 34.8 Å². The van der Waals surface area contributed by atoms with Crippen molar-refractivity contribution in [2.24, 2.45) is 0 Å². The van der Waals surface area contributed by atoms with E-state index >= 15 is 0 Å². The van der Waals surface area contributed by atoms with Gasteiger partial charge in [0.2, 0.25) is 0 Å². The van der Waals surface area contributed by atoms with Crippen molar-refractivity contribution < 1.29 is 0 Å². The molecule has 0 saturated carbocycles. The molecule has 0 saturated heterocycles. The zero-order valence-corrected chi connectivity index (χ0v) is 17.6. The third-order valence-corrected chi connectivity index (χ3v) is 5.30. The van der Waals surface area contributed by atoms with E-state index in [1.165, 1.54) is 0 Å². The highest BCUT2D eigenvalue weighted by Gasteiger charge is 2.21. The summed E-state index contributed by atoms with van der Waals surface area (Å²) in [6.07, 6.45) is 0. The van der Waals surface area contributed by atoms with E-state index in [0.717, 1.165) is 39.3 Å². The number of aromatic nitrogens is 2. The van der Waals surface area contributed by atoms with Crippen LogP contribution in [0.3, 0.4) is 0 Å².